The molecule has 0 aliphatic heterocycles. The molecule has 0 aliphatic rings. The minimum absolute atomic E-state index is 0.224. The number of carboxylic acids is 2. The molecule has 0 spiro atoms. The third-order valence-electron chi connectivity index (χ3n) is 2.85. The Bertz CT molecular complexity index is 291. The van der Waals surface area contributed by atoms with E-state index in [0.717, 1.165) is 12.8 Å². The molecular weight excluding hydrogens is 234 g/mol. The lowest BCUT2D eigenvalue weighted by molar-refractivity contribution is -0.147. The van der Waals surface area contributed by atoms with Crippen molar-refractivity contribution in [1.82, 2.24) is 4.90 Å². The molecule has 104 valence electrons. The first-order chi connectivity index (χ1) is 8.43. The zero-order valence-corrected chi connectivity index (χ0v) is 11.1. The van der Waals surface area contributed by atoms with Gasteiger partial charge < -0.3 is 10.2 Å². The van der Waals surface area contributed by atoms with Crippen LogP contribution in [0.1, 0.15) is 33.1 Å². The number of aliphatic carboxylic acids is 2. The molecular formula is C13H23NO4. The van der Waals surface area contributed by atoms with Crippen LogP contribution in [0.15, 0.2) is 12.7 Å². The minimum atomic E-state index is -0.913. The van der Waals surface area contributed by atoms with Gasteiger partial charge in [-0.3, -0.25) is 14.5 Å². The van der Waals surface area contributed by atoms with Gasteiger partial charge in [-0.05, 0) is 6.42 Å². The molecule has 0 rings (SSSR count). The fourth-order valence-electron chi connectivity index (χ4n) is 1.78. The summed E-state index contributed by atoms with van der Waals surface area (Å²) in [5, 5.41) is 18.1. The van der Waals surface area contributed by atoms with Crippen LogP contribution in [0.25, 0.3) is 0 Å². The van der Waals surface area contributed by atoms with Gasteiger partial charge in [-0.25, -0.2) is 0 Å². The second-order valence-electron chi connectivity index (χ2n) is 4.48. The molecule has 0 aromatic carbocycles. The number of carbonyl (C=O) groups is 2. The normalized spacial score (nSPS) is 14.2. The zero-order valence-electron chi connectivity index (χ0n) is 11.1. The highest BCUT2D eigenvalue weighted by Gasteiger charge is 2.27. The molecule has 5 heteroatoms. The molecule has 0 saturated carbocycles. The van der Waals surface area contributed by atoms with Gasteiger partial charge >= 0.3 is 11.9 Å². The first-order valence-electron chi connectivity index (χ1n) is 6.24. The van der Waals surface area contributed by atoms with Gasteiger partial charge in [-0.15, -0.1) is 6.58 Å². The summed E-state index contributed by atoms with van der Waals surface area (Å²) in [5.41, 5.74) is 0. The molecule has 2 N–H and O–H groups in total. The van der Waals surface area contributed by atoms with Crippen LogP contribution < -0.4 is 0 Å². The SMILES string of the molecule is C=CCN(CC(C)C(=O)O)C(CCCC)C(=O)O. The number of hydrogen-bond acceptors (Lipinski definition) is 3. The largest absolute Gasteiger partial charge is 0.481 e. The highest BCUT2D eigenvalue weighted by molar-refractivity contribution is 5.74. The van der Waals surface area contributed by atoms with Crippen LogP contribution in [-0.2, 0) is 9.59 Å². The molecule has 0 aromatic rings. The Morgan fingerprint density at radius 2 is 1.94 bits per heavy atom. The second-order valence-corrected chi connectivity index (χ2v) is 4.48. The van der Waals surface area contributed by atoms with E-state index in [0.29, 0.717) is 13.0 Å². The minimum Gasteiger partial charge on any atom is -0.481 e. The summed E-state index contributed by atoms with van der Waals surface area (Å²) in [5.74, 6) is -2.40. The van der Waals surface area contributed by atoms with E-state index in [2.05, 4.69) is 6.58 Å². The molecule has 2 atom stereocenters. The maximum absolute atomic E-state index is 11.2. The zero-order chi connectivity index (χ0) is 14.1. The van der Waals surface area contributed by atoms with E-state index in [4.69, 9.17) is 5.11 Å². The smallest absolute Gasteiger partial charge is 0.320 e. The van der Waals surface area contributed by atoms with Gasteiger partial charge in [0.2, 0.25) is 0 Å². The van der Waals surface area contributed by atoms with E-state index in [1.165, 1.54) is 0 Å². The van der Waals surface area contributed by atoms with Crippen molar-refractivity contribution in [2.24, 2.45) is 5.92 Å². The third-order valence-corrected chi connectivity index (χ3v) is 2.85. The van der Waals surface area contributed by atoms with E-state index < -0.39 is 23.9 Å². The predicted octanol–water partition coefficient (Wildman–Crippen LogP) is 1.84. The Labute approximate surface area is 108 Å². The molecule has 0 heterocycles. The van der Waals surface area contributed by atoms with Crippen LogP contribution in [0.4, 0.5) is 0 Å². The molecule has 0 aromatic heterocycles. The lowest BCUT2D eigenvalue weighted by Crippen LogP contribution is -2.44. The van der Waals surface area contributed by atoms with Crippen molar-refractivity contribution < 1.29 is 19.8 Å². The Morgan fingerprint density at radius 3 is 2.33 bits per heavy atom. The summed E-state index contributed by atoms with van der Waals surface area (Å²) < 4.78 is 0. The predicted molar refractivity (Wildman–Crippen MR) is 69.5 cm³/mol. The summed E-state index contributed by atoms with van der Waals surface area (Å²) in [6, 6.07) is -0.634. The molecule has 0 aliphatic carbocycles. The highest BCUT2D eigenvalue weighted by Crippen LogP contribution is 2.12. The van der Waals surface area contributed by atoms with Gasteiger partial charge in [0.1, 0.15) is 6.04 Å². The van der Waals surface area contributed by atoms with Crippen molar-refractivity contribution in [3.05, 3.63) is 12.7 Å². The molecule has 0 bridgehead atoms. The fraction of sp³-hybridized carbons (Fsp3) is 0.692. The van der Waals surface area contributed by atoms with E-state index in [1.807, 2.05) is 6.92 Å². The maximum atomic E-state index is 11.2. The summed E-state index contributed by atoms with van der Waals surface area (Å²) >= 11 is 0. The lowest BCUT2D eigenvalue weighted by Gasteiger charge is -2.29. The fourth-order valence-corrected chi connectivity index (χ4v) is 1.78. The molecule has 0 radical (unpaired) electrons. The van der Waals surface area contributed by atoms with Gasteiger partial charge in [0, 0.05) is 13.1 Å². The van der Waals surface area contributed by atoms with Crippen LogP contribution in [0, 0.1) is 5.92 Å². The highest BCUT2D eigenvalue weighted by atomic mass is 16.4. The van der Waals surface area contributed by atoms with E-state index in [1.54, 1.807) is 17.9 Å². The van der Waals surface area contributed by atoms with Crippen molar-refractivity contribution in [3.63, 3.8) is 0 Å². The first-order valence-corrected chi connectivity index (χ1v) is 6.24. The molecule has 0 amide bonds. The van der Waals surface area contributed by atoms with Crippen LogP contribution >= 0.6 is 0 Å². The van der Waals surface area contributed by atoms with Crippen LogP contribution in [0.2, 0.25) is 0 Å². The van der Waals surface area contributed by atoms with Crippen molar-refractivity contribution in [1.29, 1.82) is 0 Å². The molecule has 5 nitrogen and oxygen atoms in total. The number of rotatable bonds is 10. The molecule has 0 saturated heterocycles. The van der Waals surface area contributed by atoms with Crippen molar-refractivity contribution >= 4 is 11.9 Å². The lowest BCUT2D eigenvalue weighted by atomic mass is 10.1. The van der Waals surface area contributed by atoms with Gasteiger partial charge in [-0.2, -0.15) is 0 Å². The third kappa shape index (κ3) is 5.82. The quantitative estimate of drug-likeness (QED) is 0.584. The summed E-state index contributed by atoms with van der Waals surface area (Å²) in [6.45, 7) is 7.78. The Hall–Kier alpha value is -1.36. The molecule has 0 fully saturated rings. The van der Waals surface area contributed by atoms with Crippen LogP contribution in [-0.4, -0.2) is 46.2 Å². The Kier molecular flexibility index (Phi) is 8.03. The number of nitrogens with zero attached hydrogens (tertiary/aromatic N) is 1. The van der Waals surface area contributed by atoms with Crippen molar-refractivity contribution in [3.8, 4) is 0 Å². The Balaban J connectivity index is 4.73. The van der Waals surface area contributed by atoms with Crippen molar-refractivity contribution in [2.45, 2.75) is 39.2 Å². The van der Waals surface area contributed by atoms with Crippen LogP contribution in [0.3, 0.4) is 0 Å². The standard InChI is InChI=1S/C13H23NO4/c1-4-6-7-11(13(17)18)14(8-5-2)9-10(3)12(15)16/h5,10-11H,2,4,6-9H2,1,3H3,(H,15,16)(H,17,18). The average molecular weight is 257 g/mol. The van der Waals surface area contributed by atoms with Gasteiger partial charge in [-0.1, -0.05) is 32.8 Å². The Morgan fingerprint density at radius 1 is 1.33 bits per heavy atom. The van der Waals surface area contributed by atoms with Gasteiger partial charge in [0.25, 0.3) is 0 Å². The van der Waals surface area contributed by atoms with Crippen molar-refractivity contribution in [2.75, 3.05) is 13.1 Å². The number of unbranched alkanes of at least 4 members (excludes halogenated alkanes) is 1. The topological polar surface area (TPSA) is 77.8 Å². The number of hydrogen-bond donors (Lipinski definition) is 2. The summed E-state index contributed by atoms with van der Waals surface area (Å²) in [4.78, 5) is 23.8. The second kappa shape index (κ2) is 8.69. The molecule has 18 heavy (non-hydrogen) atoms. The van der Waals surface area contributed by atoms with Crippen LogP contribution in [0.5, 0.6) is 0 Å². The molecule has 2 unspecified atom stereocenters. The summed E-state index contributed by atoms with van der Waals surface area (Å²) in [7, 11) is 0. The van der Waals surface area contributed by atoms with E-state index in [-0.39, 0.29) is 6.54 Å². The van der Waals surface area contributed by atoms with E-state index >= 15 is 0 Å². The van der Waals surface area contributed by atoms with E-state index in [9.17, 15) is 14.7 Å². The summed E-state index contributed by atoms with van der Waals surface area (Å²) in [6.07, 6.45) is 3.87. The monoisotopic (exact) mass is 257 g/mol. The first kappa shape index (κ1) is 16.6. The van der Waals surface area contributed by atoms with Gasteiger partial charge in [0.05, 0.1) is 5.92 Å². The maximum Gasteiger partial charge on any atom is 0.320 e. The average Bonchev–Trinajstić information content (AvgIpc) is 2.28. The number of carboxylic acid groups (broad SMARTS) is 2. The van der Waals surface area contributed by atoms with Gasteiger partial charge in [0.15, 0.2) is 0 Å².